The SMILES string of the molecule is CCCOc1ccccc1C1C(C(=O)Nc2ccccc2OC)C(=O)CC(C)(O)C1C(=O)Nc1ccccc1OC. The summed E-state index contributed by atoms with van der Waals surface area (Å²) in [5.41, 5.74) is -0.506. The van der Waals surface area contributed by atoms with Crippen molar-refractivity contribution < 1.29 is 33.7 Å². The van der Waals surface area contributed by atoms with Crippen molar-refractivity contribution in [2.24, 2.45) is 11.8 Å². The summed E-state index contributed by atoms with van der Waals surface area (Å²) in [5, 5.41) is 17.3. The molecular weight excluding hydrogens is 524 g/mol. The van der Waals surface area contributed by atoms with Crippen LogP contribution in [0.1, 0.15) is 38.2 Å². The fraction of sp³-hybridized carbons (Fsp3) is 0.344. The number of anilines is 2. The van der Waals surface area contributed by atoms with Crippen LogP contribution in [0.25, 0.3) is 0 Å². The third-order valence-corrected chi connectivity index (χ3v) is 7.30. The van der Waals surface area contributed by atoms with Gasteiger partial charge >= 0.3 is 0 Å². The summed E-state index contributed by atoms with van der Waals surface area (Å²) in [6.07, 6.45) is 0.334. The number of carbonyl (C=O) groups is 3. The highest BCUT2D eigenvalue weighted by Gasteiger charge is 2.56. The molecule has 0 radical (unpaired) electrons. The molecule has 2 amide bonds. The highest BCUT2D eigenvalue weighted by atomic mass is 16.5. The number of carbonyl (C=O) groups excluding carboxylic acids is 3. The molecule has 0 saturated heterocycles. The number of nitrogens with one attached hydrogen (secondary N) is 2. The first-order valence-corrected chi connectivity index (χ1v) is 13.6. The molecular formula is C32H36N2O7. The van der Waals surface area contributed by atoms with Crippen molar-refractivity contribution in [2.75, 3.05) is 31.5 Å². The second-order valence-electron chi connectivity index (χ2n) is 10.2. The fourth-order valence-electron chi connectivity index (χ4n) is 5.48. The molecule has 4 unspecified atom stereocenters. The van der Waals surface area contributed by atoms with Gasteiger partial charge in [0, 0.05) is 12.3 Å². The summed E-state index contributed by atoms with van der Waals surface area (Å²) in [6.45, 7) is 3.81. The Bertz CT molecular complexity index is 1400. The minimum atomic E-state index is -1.77. The Labute approximate surface area is 239 Å². The third-order valence-electron chi connectivity index (χ3n) is 7.30. The quantitative estimate of drug-likeness (QED) is 0.304. The molecule has 3 aromatic carbocycles. The summed E-state index contributed by atoms with van der Waals surface area (Å²) in [6, 6.07) is 20.8. The van der Waals surface area contributed by atoms with Gasteiger partial charge in [-0.05, 0) is 49.2 Å². The summed E-state index contributed by atoms with van der Waals surface area (Å²) < 4.78 is 16.8. The molecule has 3 N–H and O–H groups in total. The highest BCUT2D eigenvalue weighted by molar-refractivity contribution is 6.11. The zero-order valence-corrected chi connectivity index (χ0v) is 23.7. The summed E-state index contributed by atoms with van der Waals surface area (Å²) in [5.74, 6) is -3.92. The van der Waals surface area contributed by atoms with E-state index in [9.17, 15) is 19.5 Å². The van der Waals surface area contributed by atoms with Gasteiger partial charge in [0.1, 0.15) is 28.9 Å². The van der Waals surface area contributed by atoms with Crippen LogP contribution >= 0.6 is 0 Å². The molecule has 1 aliphatic rings. The molecule has 0 spiro atoms. The standard InChI is InChI=1S/C32H36N2O7/c1-5-18-41-24-15-9-6-12-20(24)27-28(30(36)33-21-13-7-10-16-25(21)39-3)23(35)19-32(2,38)29(27)31(37)34-22-14-8-11-17-26(22)40-4/h6-17,27-29,38H,5,18-19H2,1-4H3,(H,33,36)(H,34,37). The Kier molecular flexibility index (Phi) is 9.29. The van der Waals surface area contributed by atoms with Crippen LogP contribution in [0.15, 0.2) is 72.8 Å². The Morgan fingerprint density at radius 1 is 0.854 bits per heavy atom. The Morgan fingerprint density at radius 2 is 1.37 bits per heavy atom. The highest BCUT2D eigenvalue weighted by Crippen LogP contribution is 2.49. The number of hydrogen-bond donors (Lipinski definition) is 3. The van der Waals surface area contributed by atoms with E-state index in [-0.39, 0.29) is 0 Å². The van der Waals surface area contributed by atoms with E-state index in [1.807, 2.05) is 6.92 Å². The Hall–Kier alpha value is -4.37. The first-order chi connectivity index (χ1) is 19.7. The molecule has 1 aliphatic carbocycles. The zero-order chi connectivity index (χ0) is 29.6. The molecule has 0 aliphatic heterocycles. The van der Waals surface area contributed by atoms with Crippen LogP contribution < -0.4 is 24.8 Å². The van der Waals surface area contributed by atoms with E-state index in [4.69, 9.17) is 14.2 Å². The molecule has 0 bridgehead atoms. The average molecular weight is 561 g/mol. The van der Waals surface area contributed by atoms with E-state index >= 15 is 0 Å². The van der Waals surface area contributed by atoms with Crippen molar-refractivity contribution in [3.63, 3.8) is 0 Å². The van der Waals surface area contributed by atoms with E-state index < -0.39 is 47.4 Å². The number of Topliss-reactive ketones (excluding diaryl/α,β-unsaturated/α-hetero) is 1. The smallest absolute Gasteiger partial charge is 0.235 e. The van der Waals surface area contributed by atoms with Crippen LogP contribution in [-0.4, -0.2) is 49.1 Å². The van der Waals surface area contributed by atoms with Crippen molar-refractivity contribution >= 4 is 29.0 Å². The molecule has 3 aromatic rings. The van der Waals surface area contributed by atoms with Crippen molar-refractivity contribution in [3.05, 3.63) is 78.4 Å². The van der Waals surface area contributed by atoms with E-state index in [1.165, 1.54) is 21.1 Å². The maximum atomic E-state index is 14.1. The summed E-state index contributed by atoms with van der Waals surface area (Å²) in [4.78, 5) is 41.7. The average Bonchev–Trinajstić information content (AvgIpc) is 2.95. The minimum absolute atomic E-state index is 0.384. The number of amides is 2. The second-order valence-corrected chi connectivity index (χ2v) is 10.2. The maximum Gasteiger partial charge on any atom is 0.235 e. The lowest BCUT2D eigenvalue weighted by Gasteiger charge is -2.44. The van der Waals surface area contributed by atoms with E-state index in [2.05, 4.69) is 10.6 Å². The van der Waals surface area contributed by atoms with Crippen molar-refractivity contribution in [3.8, 4) is 17.2 Å². The molecule has 9 nitrogen and oxygen atoms in total. The zero-order valence-electron chi connectivity index (χ0n) is 23.7. The van der Waals surface area contributed by atoms with E-state index in [1.54, 1.807) is 72.8 Å². The van der Waals surface area contributed by atoms with Crippen LogP contribution in [0.2, 0.25) is 0 Å². The second kappa shape index (κ2) is 12.9. The molecule has 9 heteroatoms. The predicted molar refractivity (Wildman–Crippen MR) is 155 cm³/mol. The van der Waals surface area contributed by atoms with Gasteiger partial charge in [0.15, 0.2) is 0 Å². The number of ether oxygens (including phenoxy) is 3. The lowest BCUT2D eigenvalue weighted by Crippen LogP contribution is -2.56. The Balaban J connectivity index is 1.83. The normalized spacial score (nSPS) is 22.0. The van der Waals surface area contributed by atoms with Crippen LogP contribution in [-0.2, 0) is 14.4 Å². The number of rotatable bonds is 10. The van der Waals surface area contributed by atoms with Crippen molar-refractivity contribution in [1.82, 2.24) is 0 Å². The number of benzene rings is 3. The molecule has 4 rings (SSSR count). The van der Waals surface area contributed by atoms with Gasteiger partial charge in [0.05, 0.1) is 43.7 Å². The first-order valence-electron chi connectivity index (χ1n) is 13.6. The largest absolute Gasteiger partial charge is 0.495 e. The van der Waals surface area contributed by atoms with Crippen molar-refractivity contribution in [1.29, 1.82) is 0 Å². The van der Waals surface area contributed by atoms with Crippen molar-refractivity contribution in [2.45, 2.75) is 38.2 Å². The predicted octanol–water partition coefficient (Wildman–Crippen LogP) is 4.81. The molecule has 1 fully saturated rings. The minimum Gasteiger partial charge on any atom is -0.495 e. The number of methoxy groups -OCH3 is 2. The summed E-state index contributed by atoms with van der Waals surface area (Å²) in [7, 11) is 2.97. The van der Waals surface area contributed by atoms with Gasteiger partial charge in [-0.3, -0.25) is 14.4 Å². The van der Waals surface area contributed by atoms with Crippen LogP contribution in [0.3, 0.4) is 0 Å². The number of para-hydroxylation sites is 5. The molecule has 0 aromatic heterocycles. The van der Waals surface area contributed by atoms with E-state index in [0.29, 0.717) is 40.8 Å². The third kappa shape index (κ3) is 6.36. The molecule has 1 saturated carbocycles. The van der Waals surface area contributed by atoms with Gasteiger partial charge in [-0.25, -0.2) is 0 Å². The first kappa shape index (κ1) is 29.6. The van der Waals surface area contributed by atoms with Crippen LogP contribution in [0.5, 0.6) is 17.2 Å². The van der Waals surface area contributed by atoms with Gasteiger partial charge in [0.2, 0.25) is 11.8 Å². The molecule has 4 atom stereocenters. The van der Waals surface area contributed by atoms with Gasteiger partial charge in [-0.15, -0.1) is 0 Å². The van der Waals surface area contributed by atoms with Gasteiger partial charge in [-0.1, -0.05) is 49.4 Å². The van der Waals surface area contributed by atoms with Crippen LogP contribution in [0, 0.1) is 11.8 Å². The van der Waals surface area contributed by atoms with E-state index in [0.717, 1.165) is 6.42 Å². The lowest BCUT2D eigenvalue weighted by molar-refractivity contribution is -0.150. The number of ketones is 1. The summed E-state index contributed by atoms with van der Waals surface area (Å²) >= 11 is 0. The fourth-order valence-corrected chi connectivity index (χ4v) is 5.48. The number of aliphatic hydroxyl groups is 1. The van der Waals surface area contributed by atoms with Crippen LogP contribution in [0.4, 0.5) is 11.4 Å². The molecule has 41 heavy (non-hydrogen) atoms. The van der Waals surface area contributed by atoms with Gasteiger partial charge in [-0.2, -0.15) is 0 Å². The lowest BCUT2D eigenvalue weighted by atomic mass is 9.61. The maximum absolute atomic E-state index is 14.1. The Morgan fingerprint density at radius 3 is 1.93 bits per heavy atom. The topological polar surface area (TPSA) is 123 Å². The monoisotopic (exact) mass is 560 g/mol. The van der Waals surface area contributed by atoms with Gasteiger partial charge in [0.25, 0.3) is 0 Å². The molecule has 216 valence electrons. The van der Waals surface area contributed by atoms with Gasteiger partial charge < -0.3 is 30.0 Å². The molecule has 0 heterocycles. The number of hydrogen-bond acceptors (Lipinski definition) is 7.